The lowest BCUT2D eigenvalue weighted by Gasteiger charge is -2.41. The quantitative estimate of drug-likeness (QED) is 0.595. The molecule has 2 aromatic carbocycles. The summed E-state index contributed by atoms with van der Waals surface area (Å²) in [5, 5.41) is 10.8. The van der Waals surface area contributed by atoms with Gasteiger partial charge in [0.05, 0.1) is 15.9 Å². The minimum atomic E-state index is -3.84. The van der Waals surface area contributed by atoms with Crippen LogP contribution in [-0.2, 0) is 10.0 Å². The van der Waals surface area contributed by atoms with Gasteiger partial charge in [-0.3, -0.25) is 10.1 Å². The molecule has 0 saturated carbocycles. The lowest BCUT2D eigenvalue weighted by Crippen LogP contribution is -2.44. The van der Waals surface area contributed by atoms with Crippen LogP contribution >= 0.6 is 0 Å². The van der Waals surface area contributed by atoms with Gasteiger partial charge < -0.3 is 4.74 Å². The molecular weight excluding hydrogens is 368 g/mol. The standard InChI is InChI=1S/C19H22N2O5S/c1-3-19(4-2)13-17(16-7-5-6-8-18(16)26-19)20-27(24,25)15-11-9-14(10-12-15)21(22)23/h5-12,17,20H,3-4,13H2,1-2H3. The van der Waals surface area contributed by atoms with Gasteiger partial charge in [0.1, 0.15) is 11.4 Å². The van der Waals surface area contributed by atoms with E-state index in [1.807, 2.05) is 38.1 Å². The zero-order valence-corrected chi connectivity index (χ0v) is 16.0. The SMILES string of the molecule is CCC1(CC)CC(NS(=O)(=O)c2ccc([N+](=O)[O-])cc2)c2ccccc2O1. The molecule has 1 heterocycles. The van der Waals surface area contributed by atoms with Crippen molar-refractivity contribution in [1.29, 1.82) is 0 Å². The molecule has 0 aliphatic carbocycles. The number of nitro benzene ring substituents is 1. The molecule has 0 saturated heterocycles. The summed E-state index contributed by atoms with van der Waals surface area (Å²) in [6.07, 6.45) is 2.03. The van der Waals surface area contributed by atoms with Crippen molar-refractivity contribution in [1.82, 2.24) is 4.72 Å². The van der Waals surface area contributed by atoms with E-state index in [0.717, 1.165) is 18.4 Å². The molecule has 8 heteroatoms. The monoisotopic (exact) mass is 390 g/mol. The highest BCUT2D eigenvalue weighted by Crippen LogP contribution is 2.43. The van der Waals surface area contributed by atoms with Crippen molar-refractivity contribution in [3.8, 4) is 5.75 Å². The fraction of sp³-hybridized carbons (Fsp3) is 0.368. The third kappa shape index (κ3) is 3.81. The summed E-state index contributed by atoms with van der Waals surface area (Å²) in [6.45, 7) is 4.05. The lowest BCUT2D eigenvalue weighted by molar-refractivity contribution is -0.384. The molecule has 1 aliphatic heterocycles. The van der Waals surface area contributed by atoms with Crippen LogP contribution in [-0.4, -0.2) is 18.9 Å². The minimum Gasteiger partial charge on any atom is -0.487 e. The van der Waals surface area contributed by atoms with E-state index in [0.29, 0.717) is 12.2 Å². The summed E-state index contributed by atoms with van der Waals surface area (Å²) in [7, 11) is -3.84. The van der Waals surface area contributed by atoms with Crippen LogP contribution in [0, 0.1) is 10.1 Å². The number of hydrogen-bond acceptors (Lipinski definition) is 5. The smallest absolute Gasteiger partial charge is 0.269 e. The molecule has 0 fully saturated rings. The van der Waals surface area contributed by atoms with E-state index < -0.39 is 26.6 Å². The van der Waals surface area contributed by atoms with Gasteiger partial charge in [-0.2, -0.15) is 0 Å². The van der Waals surface area contributed by atoms with Crippen molar-refractivity contribution in [2.75, 3.05) is 0 Å². The predicted octanol–water partition coefficient (Wildman–Crippen LogP) is 3.96. The van der Waals surface area contributed by atoms with Crippen molar-refractivity contribution < 1.29 is 18.1 Å². The first-order valence-corrected chi connectivity index (χ1v) is 10.3. The van der Waals surface area contributed by atoms with E-state index in [4.69, 9.17) is 4.74 Å². The molecule has 1 unspecified atom stereocenters. The molecule has 2 aromatic rings. The Kier molecular flexibility index (Phi) is 5.21. The van der Waals surface area contributed by atoms with E-state index in [1.54, 1.807) is 0 Å². The Hall–Kier alpha value is -2.45. The zero-order chi connectivity index (χ0) is 19.7. The summed E-state index contributed by atoms with van der Waals surface area (Å²) in [4.78, 5) is 10.2. The maximum atomic E-state index is 12.9. The van der Waals surface area contributed by atoms with Crippen molar-refractivity contribution in [2.45, 2.75) is 49.6 Å². The van der Waals surface area contributed by atoms with E-state index in [2.05, 4.69) is 4.72 Å². The normalized spacial score (nSPS) is 18.4. The number of sulfonamides is 1. The van der Waals surface area contributed by atoms with Crippen molar-refractivity contribution in [3.05, 3.63) is 64.2 Å². The number of rotatable bonds is 6. The number of non-ortho nitro benzene ring substituents is 1. The number of nitro groups is 1. The van der Waals surface area contributed by atoms with Gasteiger partial charge in [0.25, 0.3) is 5.69 Å². The van der Waals surface area contributed by atoms with Crippen LogP contribution in [0.5, 0.6) is 5.75 Å². The Morgan fingerprint density at radius 2 is 1.78 bits per heavy atom. The van der Waals surface area contributed by atoms with Gasteiger partial charge in [0.15, 0.2) is 0 Å². The molecule has 0 radical (unpaired) electrons. The van der Waals surface area contributed by atoms with Crippen molar-refractivity contribution in [3.63, 3.8) is 0 Å². The fourth-order valence-corrected chi connectivity index (χ4v) is 4.62. The first kappa shape index (κ1) is 19.3. The van der Waals surface area contributed by atoms with Gasteiger partial charge >= 0.3 is 0 Å². The van der Waals surface area contributed by atoms with Crippen LogP contribution < -0.4 is 9.46 Å². The summed E-state index contributed by atoms with van der Waals surface area (Å²) in [6, 6.07) is 11.9. The number of benzene rings is 2. The molecule has 27 heavy (non-hydrogen) atoms. The third-order valence-corrected chi connectivity index (χ3v) is 6.63. The maximum absolute atomic E-state index is 12.9. The van der Waals surface area contributed by atoms with Gasteiger partial charge in [0, 0.05) is 24.1 Å². The van der Waals surface area contributed by atoms with Gasteiger partial charge in [-0.1, -0.05) is 32.0 Å². The Labute approximate surface area is 158 Å². The molecular formula is C19H22N2O5S. The van der Waals surface area contributed by atoms with Crippen LogP contribution in [0.3, 0.4) is 0 Å². The lowest BCUT2D eigenvalue weighted by atomic mass is 9.84. The van der Waals surface area contributed by atoms with Crippen molar-refractivity contribution in [2.24, 2.45) is 0 Å². The summed E-state index contributed by atoms with van der Waals surface area (Å²) >= 11 is 0. The van der Waals surface area contributed by atoms with E-state index in [-0.39, 0.29) is 10.6 Å². The average Bonchev–Trinajstić information content (AvgIpc) is 2.67. The zero-order valence-electron chi connectivity index (χ0n) is 15.2. The Bertz CT molecular complexity index is 937. The van der Waals surface area contributed by atoms with Crippen LogP contribution in [0.1, 0.15) is 44.7 Å². The Balaban J connectivity index is 1.94. The molecule has 0 spiro atoms. The molecule has 7 nitrogen and oxygen atoms in total. The number of nitrogens with one attached hydrogen (secondary N) is 1. The van der Waals surface area contributed by atoms with Crippen LogP contribution in [0.4, 0.5) is 5.69 Å². The third-order valence-electron chi connectivity index (χ3n) is 5.14. The number of hydrogen-bond donors (Lipinski definition) is 1. The predicted molar refractivity (Wildman–Crippen MR) is 101 cm³/mol. The summed E-state index contributed by atoms with van der Waals surface area (Å²) < 4.78 is 34.7. The van der Waals surface area contributed by atoms with Gasteiger partial charge in [0.2, 0.25) is 10.0 Å². The number of fused-ring (bicyclic) bond motifs is 1. The largest absolute Gasteiger partial charge is 0.487 e. The first-order valence-electron chi connectivity index (χ1n) is 8.85. The molecule has 1 aliphatic rings. The highest BCUT2D eigenvalue weighted by Gasteiger charge is 2.40. The first-order chi connectivity index (χ1) is 12.8. The Morgan fingerprint density at radius 3 is 2.37 bits per heavy atom. The summed E-state index contributed by atoms with van der Waals surface area (Å²) in [5.41, 5.74) is 0.207. The number of nitrogens with zero attached hydrogens (tertiary/aromatic N) is 1. The van der Waals surface area contributed by atoms with Crippen LogP contribution in [0.2, 0.25) is 0 Å². The second-order valence-corrected chi connectivity index (χ2v) is 8.37. The highest BCUT2D eigenvalue weighted by molar-refractivity contribution is 7.89. The Morgan fingerprint density at radius 1 is 1.15 bits per heavy atom. The van der Waals surface area contributed by atoms with E-state index >= 15 is 0 Å². The van der Waals surface area contributed by atoms with Crippen molar-refractivity contribution >= 4 is 15.7 Å². The fourth-order valence-electron chi connectivity index (χ4n) is 3.41. The number of ether oxygens (including phenoxy) is 1. The van der Waals surface area contributed by atoms with E-state index in [9.17, 15) is 18.5 Å². The van der Waals surface area contributed by atoms with Gasteiger partial charge in [-0.25, -0.2) is 13.1 Å². The molecule has 0 aromatic heterocycles. The van der Waals surface area contributed by atoms with Crippen LogP contribution in [0.25, 0.3) is 0 Å². The summed E-state index contributed by atoms with van der Waals surface area (Å²) in [5.74, 6) is 0.684. The topological polar surface area (TPSA) is 98.5 Å². The second-order valence-electron chi connectivity index (χ2n) is 6.66. The molecule has 1 atom stereocenters. The maximum Gasteiger partial charge on any atom is 0.269 e. The van der Waals surface area contributed by atoms with Gasteiger partial charge in [-0.15, -0.1) is 0 Å². The van der Waals surface area contributed by atoms with E-state index in [1.165, 1.54) is 24.3 Å². The number of para-hydroxylation sites is 1. The highest BCUT2D eigenvalue weighted by atomic mass is 32.2. The second kappa shape index (κ2) is 7.28. The molecule has 1 N–H and O–H groups in total. The minimum absolute atomic E-state index is 0.00401. The van der Waals surface area contributed by atoms with Gasteiger partial charge in [-0.05, 0) is 31.0 Å². The molecule has 144 valence electrons. The molecule has 0 amide bonds. The molecule has 0 bridgehead atoms. The van der Waals surface area contributed by atoms with Crippen LogP contribution in [0.15, 0.2) is 53.4 Å². The average molecular weight is 390 g/mol. The molecule has 3 rings (SSSR count).